The van der Waals surface area contributed by atoms with Gasteiger partial charge in [-0.15, -0.1) is 0 Å². The molecule has 0 bridgehead atoms. The second kappa shape index (κ2) is 13.2. The lowest BCUT2D eigenvalue weighted by molar-refractivity contribution is -0.139. The number of anilines is 1. The molecular weight excluding hydrogens is 521 g/mol. The third-order valence-electron chi connectivity index (χ3n) is 6.44. The summed E-state index contributed by atoms with van der Waals surface area (Å²) < 4.78 is 48.2. The number of nitrogens with zero attached hydrogens (tertiary/aromatic N) is 2. The normalized spacial score (nSPS) is 12.7. The van der Waals surface area contributed by atoms with E-state index >= 15 is 0 Å². The number of rotatable bonds is 12. The second-order valence-corrected chi connectivity index (χ2v) is 11.0. The van der Waals surface area contributed by atoms with Gasteiger partial charge in [-0.3, -0.25) is 13.9 Å². The Kier molecular flexibility index (Phi) is 10.1. The maximum Gasteiger partial charge on any atom is 0.264 e. The highest BCUT2D eigenvalue weighted by molar-refractivity contribution is 7.92. The van der Waals surface area contributed by atoms with Gasteiger partial charge in [-0.25, -0.2) is 12.8 Å². The Morgan fingerprint density at radius 3 is 2.15 bits per heavy atom. The van der Waals surface area contributed by atoms with Crippen LogP contribution in [0.25, 0.3) is 0 Å². The predicted octanol–water partition coefficient (Wildman–Crippen LogP) is 4.36. The molecule has 0 heterocycles. The lowest BCUT2D eigenvalue weighted by Gasteiger charge is -2.32. The first kappa shape index (κ1) is 29.6. The Balaban J connectivity index is 2.02. The first-order valence-electron chi connectivity index (χ1n) is 12.6. The van der Waals surface area contributed by atoms with E-state index in [2.05, 4.69) is 5.32 Å². The minimum Gasteiger partial charge on any atom is -0.497 e. The highest BCUT2D eigenvalue weighted by Crippen LogP contribution is 2.26. The zero-order valence-corrected chi connectivity index (χ0v) is 23.3. The van der Waals surface area contributed by atoms with Gasteiger partial charge in [0.05, 0.1) is 17.7 Å². The zero-order valence-electron chi connectivity index (χ0n) is 22.5. The number of benzene rings is 3. The molecule has 3 rings (SSSR count). The molecule has 0 radical (unpaired) electrons. The molecule has 208 valence electrons. The van der Waals surface area contributed by atoms with Gasteiger partial charge in [-0.2, -0.15) is 0 Å². The Morgan fingerprint density at radius 1 is 0.949 bits per heavy atom. The van der Waals surface area contributed by atoms with Crippen LogP contribution in [0.3, 0.4) is 0 Å². The van der Waals surface area contributed by atoms with Crippen molar-refractivity contribution in [3.8, 4) is 5.75 Å². The first-order chi connectivity index (χ1) is 18.6. The number of halogens is 1. The summed E-state index contributed by atoms with van der Waals surface area (Å²) >= 11 is 0. The number of methoxy groups -OCH3 is 1. The lowest BCUT2D eigenvalue weighted by atomic mass is 10.1. The van der Waals surface area contributed by atoms with Crippen LogP contribution in [-0.4, -0.2) is 50.9 Å². The fraction of sp³-hybridized carbons (Fsp3) is 0.310. The number of hydrogen-bond acceptors (Lipinski definition) is 5. The van der Waals surface area contributed by atoms with Crippen molar-refractivity contribution in [3.63, 3.8) is 0 Å². The van der Waals surface area contributed by atoms with Gasteiger partial charge in [0.2, 0.25) is 11.8 Å². The van der Waals surface area contributed by atoms with Gasteiger partial charge >= 0.3 is 0 Å². The molecule has 39 heavy (non-hydrogen) atoms. The monoisotopic (exact) mass is 555 g/mol. The van der Waals surface area contributed by atoms with E-state index in [0.29, 0.717) is 12.2 Å². The van der Waals surface area contributed by atoms with Crippen molar-refractivity contribution in [2.45, 2.75) is 50.7 Å². The van der Waals surface area contributed by atoms with Crippen molar-refractivity contribution in [2.24, 2.45) is 0 Å². The number of amides is 2. The molecule has 1 N–H and O–H groups in total. The molecule has 0 unspecified atom stereocenters. The number of carbonyl (C=O) groups is 2. The van der Waals surface area contributed by atoms with Crippen LogP contribution in [0.4, 0.5) is 10.1 Å². The van der Waals surface area contributed by atoms with E-state index in [-0.39, 0.29) is 28.7 Å². The van der Waals surface area contributed by atoms with Crippen molar-refractivity contribution in [2.75, 3.05) is 18.0 Å². The minimum atomic E-state index is -4.18. The van der Waals surface area contributed by atoms with Crippen LogP contribution in [0.15, 0.2) is 83.8 Å². The van der Waals surface area contributed by atoms with Gasteiger partial charge in [-0.05, 0) is 62.7 Å². The van der Waals surface area contributed by atoms with E-state index < -0.39 is 40.2 Å². The van der Waals surface area contributed by atoms with Crippen molar-refractivity contribution >= 4 is 27.5 Å². The second-order valence-electron chi connectivity index (χ2n) is 9.13. The Morgan fingerprint density at radius 2 is 1.56 bits per heavy atom. The Labute approximate surface area is 229 Å². The molecule has 0 aliphatic heterocycles. The molecular formula is C29H34FN3O5S. The topological polar surface area (TPSA) is 96.0 Å². The Hall–Kier alpha value is -3.92. The molecule has 0 spiro atoms. The minimum absolute atomic E-state index is 0.00293. The molecule has 0 aliphatic rings. The summed E-state index contributed by atoms with van der Waals surface area (Å²) in [5.74, 6) is -1.11. The van der Waals surface area contributed by atoms with Crippen LogP contribution in [-0.2, 0) is 26.2 Å². The fourth-order valence-corrected chi connectivity index (χ4v) is 5.29. The lowest BCUT2D eigenvalue weighted by Crippen LogP contribution is -2.52. The summed E-state index contributed by atoms with van der Waals surface area (Å²) in [5, 5.41) is 2.85. The number of ether oxygens (including phenoxy) is 1. The summed E-state index contributed by atoms with van der Waals surface area (Å²) in [6.07, 6.45) is 0.681. The Bertz CT molecular complexity index is 1370. The van der Waals surface area contributed by atoms with Crippen molar-refractivity contribution in [1.29, 1.82) is 0 Å². The molecule has 0 saturated carbocycles. The zero-order chi connectivity index (χ0) is 28.6. The molecule has 8 nitrogen and oxygen atoms in total. The summed E-state index contributed by atoms with van der Waals surface area (Å²) in [6.45, 7) is 4.46. The average molecular weight is 556 g/mol. The van der Waals surface area contributed by atoms with E-state index in [1.807, 2.05) is 13.8 Å². The maximum absolute atomic E-state index is 14.6. The summed E-state index contributed by atoms with van der Waals surface area (Å²) in [5.41, 5.74) is 0.437. The van der Waals surface area contributed by atoms with Crippen molar-refractivity contribution < 1.29 is 27.1 Å². The third-order valence-corrected chi connectivity index (χ3v) is 8.23. The fourth-order valence-electron chi connectivity index (χ4n) is 3.86. The molecule has 0 aliphatic carbocycles. The van der Waals surface area contributed by atoms with Crippen LogP contribution in [0, 0.1) is 5.82 Å². The highest BCUT2D eigenvalue weighted by atomic mass is 32.2. The first-order valence-corrected chi connectivity index (χ1v) is 14.1. The predicted molar refractivity (Wildman–Crippen MR) is 148 cm³/mol. The van der Waals surface area contributed by atoms with Crippen LogP contribution < -0.4 is 14.4 Å². The quantitative estimate of drug-likeness (QED) is 0.358. The van der Waals surface area contributed by atoms with Crippen LogP contribution in [0.1, 0.15) is 32.8 Å². The number of carbonyl (C=O) groups excluding carboxylic acids is 2. The third kappa shape index (κ3) is 7.35. The molecule has 0 fully saturated rings. The van der Waals surface area contributed by atoms with Gasteiger partial charge in [0.25, 0.3) is 10.0 Å². The largest absolute Gasteiger partial charge is 0.497 e. The SMILES string of the molecule is CC[C@@H](C)NC(=O)[C@H](C)N(Cc1ccccc1F)C(=O)CN(c1ccc(OC)cc1)S(=O)(=O)c1ccccc1. The van der Waals surface area contributed by atoms with Crippen LogP contribution in [0.5, 0.6) is 5.75 Å². The summed E-state index contributed by atoms with van der Waals surface area (Å²) in [7, 11) is -2.69. The average Bonchev–Trinajstić information content (AvgIpc) is 2.95. The molecule has 0 saturated heterocycles. The summed E-state index contributed by atoms with van der Waals surface area (Å²) in [6, 6.07) is 18.8. The van der Waals surface area contributed by atoms with Crippen LogP contribution in [0.2, 0.25) is 0 Å². The van der Waals surface area contributed by atoms with Crippen molar-refractivity contribution in [3.05, 3.63) is 90.2 Å². The molecule has 2 amide bonds. The van der Waals surface area contributed by atoms with E-state index in [9.17, 15) is 22.4 Å². The van der Waals surface area contributed by atoms with Gasteiger partial charge < -0.3 is 15.0 Å². The summed E-state index contributed by atoms with van der Waals surface area (Å²) in [4.78, 5) is 28.1. The van der Waals surface area contributed by atoms with Gasteiger partial charge in [0, 0.05) is 18.2 Å². The smallest absolute Gasteiger partial charge is 0.264 e. The standard InChI is InChI=1S/C29H34FN3O5S/c1-5-21(2)31-29(35)22(3)32(19-23-11-9-10-14-27(23)30)28(34)20-33(24-15-17-25(38-4)18-16-24)39(36,37)26-12-7-6-8-13-26/h6-18,21-22H,5,19-20H2,1-4H3,(H,31,35)/t21-,22+/m1/s1. The molecule has 3 aromatic rings. The van der Waals surface area contributed by atoms with Gasteiger partial charge in [0.15, 0.2) is 0 Å². The van der Waals surface area contributed by atoms with E-state index in [0.717, 1.165) is 4.31 Å². The molecule has 0 aromatic heterocycles. The number of hydrogen-bond donors (Lipinski definition) is 1. The molecule has 2 atom stereocenters. The number of nitrogens with one attached hydrogen (secondary N) is 1. The van der Waals surface area contributed by atoms with E-state index in [1.165, 1.54) is 54.5 Å². The number of sulfonamides is 1. The molecule has 3 aromatic carbocycles. The van der Waals surface area contributed by atoms with E-state index in [4.69, 9.17) is 4.74 Å². The maximum atomic E-state index is 14.6. The van der Waals surface area contributed by atoms with Crippen LogP contribution >= 0.6 is 0 Å². The van der Waals surface area contributed by atoms with Crippen molar-refractivity contribution in [1.82, 2.24) is 10.2 Å². The highest BCUT2D eigenvalue weighted by Gasteiger charge is 2.33. The van der Waals surface area contributed by atoms with Gasteiger partial charge in [0.1, 0.15) is 24.2 Å². The van der Waals surface area contributed by atoms with E-state index in [1.54, 1.807) is 43.3 Å². The van der Waals surface area contributed by atoms with Gasteiger partial charge in [-0.1, -0.05) is 43.3 Å². The molecule has 10 heteroatoms.